The van der Waals surface area contributed by atoms with Gasteiger partial charge >= 0.3 is 15.6 Å². The maximum Gasteiger partial charge on any atom is 0.474 e. The zero-order chi connectivity index (χ0) is 27.5. The molecule has 0 aromatic carbocycles. The maximum absolute atomic E-state index is 13.0. The first-order valence-electron chi connectivity index (χ1n) is 12.0. The van der Waals surface area contributed by atoms with Crippen LogP contribution in [0.4, 0.5) is 0 Å². The van der Waals surface area contributed by atoms with Gasteiger partial charge in [-0.1, -0.05) is 6.92 Å². The summed E-state index contributed by atoms with van der Waals surface area (Å²) in [6.07, 6.45) is -6.81. The molecule has 3 aliphatic heterocycles. The van der Waals surface area contributed by atoms with Crippen LogP contribution in [0.3, 0.4) is 0 Å². The molecule has 37 heavy (non-hydrogen) atoms. The van der Waals surface area contributed by atoms with Gasteiger partial charge in [0.25, 0.3) is 0 Å². The van der Waals surface area contributed by atoms with E-state index in [2.05, 4.69) is 0 Å². The minimum absolute atomic E-state index is 0.0113. The van der Waals surface area contributed by atoms with Crippen LogP contribution in [0.2, 0.25) is 0 Å². The third-order valence-electron chi connectivity index (χ3n) is 5.95. The Hall–Kier alpha value is 0.215. The van der Waals surface area contributed by atoms with Crippen LogP contribution in [0.15, 0.2) is 0 Å². The molecule has 3 heterocycles. The first kappa shape index (κ1) is 31.7. The van der Waals surface area contributed by atoms with Gasteiger partial charge in [-0.3, -0.25) is 18.1 Å². The summed E-state index contributed by atoms with van der Waals surface area (Å²) in [6.45, 7) is 5.43. The quantitative estimate of drug-likeness (QED) is 0.238. The Balaban J connectivity index is 1.65. The van der Waals surface area contributed by atoms with Crippen molar-refractivity contribution in [3.05, 3.63) is 0 Å². The molecule has 12 atom stereocenters. The lowest BCUT2D eigenvalue weighted by Gasteiger charge is -2.28. The highest BCUT2D eigenvalue weighted by atomic mass is 31.2. The van der Waals surface area contributed by atoms with Gasteiger partial charge in [-0.2, -0.15) is 0 Å². The van der Waals surface area contributed by atoms with Gasteiger partial charge < -0.3 is 33.5 Å². The highest BCUT2D eigenvalue weighted by Crippen LogP contribution is 2.54. The van der Waals surface area contributed by atoms with E-state index in [0.717, 1.165) is 0 Å². The van der Waals surface area contributed by atoms with Gasteiger partial charge in [0.05, 0.1) is 24.9 Å². The summed E-state index contributed by atoms with van der Waals surface area (Å²) in [5.41, 5.74) is 0. The number of ether oxygens (including phenoxy) is 5. The molecule has 0 aromatic heterocycles. The van der Waals surface area contributed by atoms with E-state index in [1.165, 1.54) is 7.11 Å². The predicted molar refractivity (Wildman–Crippen MR) is 130 cm³/mol. The Bertz CT molecular complexity index is 841. The number of hydrogen-bond donors (Lipinski definition) is 2. The summed E-state index contributed by atoms with van der Waals surface area (Å²) in [4.78, 5) is 20.8. The highest BCUT2D eigenvalue weighted by Gasteiger charge is 2.50. The van der Waals surface area contributed by atoms with E-state index in [1.54, 1.807) is 6.92 Å². The molecule has 3 aliphatic rings. The van der Waals surface area contributed by atoms with Crippen LogP contribution < -0.4 is 0 Å². The molecule has 13 nitrogen and oxygen atoms in total. The topological polar surface area (TPSA) is 158 Å². The van der Waals surface area contributed by atoms with Crippen molar-refractivity contribution in [2.24, 2.45) is 0 Å². The van der Waals surface area contributed by atoms with E-state index < -0.39 is 76.6 Å². The van der Waals surface area contributed by atoms with Crippen LogP contribution >= 0.6 is 15.6 Å². The zero-order valence-corrected chi connectivity index (χ0v) is 23.0. The molecular formula is C19H33B3O13P2. The summed E-state index contributed by atoms with van der Waals surface area (Å²) in [7, 11) is 9.16. The number of hydrogen-bond acceptors (Lipinski definition) is 11. The monoisotopic (exact) mass is 564 g/mol. The van der Waals surface area contributed by atoms with E-state index in [9.17, 15) is 18.9 Å². The van der Waals surface area contributed by atoms with E-state index in [1.807, 2.05) is 13.8 Å². The van der Waals surface area contributed by atoms with E-state index >= 15 is 0 Å². The molecule has 0 saturated carbocycles. The van der Waals surface area contributed by atoms with Crippen LogP contribution in [0.5, 0.6) is 0 Å². The van der Waals surface area contributed by atoms with Crippen molar-refractivity contribution in [1.29, 1.82) is 0 Å². The molecule has 0 spiro atoms. The average molecular weight is 564 g/mol. The third kappa shape index (κ3) is 8.85. The number of phosphoric acid groups is 2. The van der Waals surface area contributed by atoms with Crippen molar-refractivity contribution in [2.75, 3.05) is 13.7 Å². The van der Waals surface area contributed by atoms with Gasteiger partial charge in [-0.05, 0) is 33.1 Å². The molecule has 18 heteroatoms. The largest absolute Gasteiger partial charge is 0.474 e. The molecule has 11 unspecified atom stereocenters. The molecule has 6 radical (unpaired) electrons. The Kier molecular flexibility index (Phi) is 11.4. The molecule has 0 amide bonds. The molecule has 3 rings (SSSR count). The summed E-state index contributed by atoms with van der Waals surface area (Å²) in [6, 6.07) is -2.63. The Morgan fingerprint density at radius 1 is 0.865 bits per heavy atom. The minimum atomic E-state index is -4.87. The average Bonchev–Trinajstić information content (AvgIpc) is 3.39. The van der Waals surface area contributed by atoms with E-state index in [4.69, 9.17) is 65.3 Å². The number of phosphoric ester groups is 2. The second-order valence-corrected chi connectivity index (χ2v) is 12.0. The summed E-state index contributed by atoms with van der Waals surface area (Å²) >= 11 is 0. The fourth-order valence-electron chi connectivity index (χ4n) is 4.31. The molecule has 3 fully saturated rings. The lowest BCUT2D eigenvalue weighted by Crippen LogP contribution is -2.39. The van der Waals surface area contributed by atoms with Crippen LogP contribution in [0, 0.1) is 0 Å². The smallest absolute Gasteiger partial charge is 0.382 e. The molecule has 3 saturated heterocycles. The molecule has 0 aliphatic carbocycles. The maximum atomic E-state index is 13.0. The normalized spacial score (nSPS) is 41.7. The standard InChI is InChI=1S/C19H33B3O13P2/c1-5-10-11(6-14(20)29-10)32-37(25,26)35-19-12(7-15(21)31-19)33-36(23,24)34-16-13(8-28-9(2)3)30-18(22)17(16)27-4/h9-19H,5-8H2,1-4H3,(H,23,24)(H,25,26)/t10?,11?,12?,13?,14?,15?,16?,17-,18?,19?/m1/s1. The van der Waals surface area contributed by atoms with Gasteiger partial charge in [-0.15, -0.1) is 0 Å². The fourth-order valence-corrected chi connectivity index (χ4v) is 6.51. The van der Waals surface area contributed by atoms with Crippen molar-refractivity contribution >= 4 is 39.2 Å². The molecule has 206 valence electrons. The molecule has 0 bridgehead atoms. The van der Waals surface area contributed by atoms with Gasteiger partial charge in [0, 0.05) is 25.1 Å². The van der Waals surface area contributed by atoms with Gasteiger partial charge in [0.2, 0.25) is 0 Å². The first-order valence-corrected chi connectivity index (χ1v) is 15.0. The fraction of sp³-hybridized carbons (Fsp3) is 1.00. The molecular weight excluding hydrogens is 531 g/mol. The van der Waals surface area contributed by atoms with Crippen LogP contribution in [0.1, 0.15) is 40.0 Å². The molecule has 0 aromatic rings. The van der Waals surface area contributed by atoms with Gasteiger partial charge in [-0.25, -0.2) is 9.13 Å². The lowest BCUT2D eigenvalue weighted by molar-refractivity contribution is -0.116. The minimum Gasteiger partial charge on any atom is -0.382 e. The van der Waals surface area contributed by atoms with Crippen molar-refractivity contribution in [3.63, 3.8) is 0 Å². The van der Waals surface area contributed by atoms with Gasteiger partial charge in [0.15, 0.2) is 6.29 Å². The second-order valence-electron chi connectivity index (χ2n) is 9.26. The van der Waals surface area contributed by atoms with Crippen LogP contribution in [-0.2, 0) is 50.9 Å². The lowest BCUT2D eigenvalue weighted by atomic mass is 9.93. The van der Waals surface area contributed by atoms with Crippen LogP contribution in [0.25, 0.3) is 0 Å². The summed E-state index contributed by atoms with van der Waals surface area (Å²) < 4.78 is 73.8. The first-order chi connectivity index (χ1) is 17.2. The Labute approximate surface area is 220 Å². The summed E-state index contributed by atoms with van der Waals surface area (Å²) in [5, 5.41) is 0. The Morgan fingerprint density at radius 3 is 2.08 bits per heavy atom. The summed E-state index contributed by atoms with van der Waals surface area (Å²) in [5.74, 6) is 0. The van der Waals surface area contributed by atoms with Crippen LogP contribution in [-0.4, -0.2) is 114 Å². The van der Waals surface area contributed by atoms with E-state index in [-0.39, 0.29) is 25.6 Å². The van der Waals surface area contributed by atoms with Crippen molar-refractivity contribution < 1.29 is 60.7 Å². The van der Waals surface area contributed by atoms with E-state index in [0.29, 0.717) is 6.42 Å². The Morgan fingerprint density at radius 2 is 1.46 bits per heavy atom. The second kappa shape index (κ2) is 13.3. The van der Waals surface area contributed by atoms with Crippen molar-refractivity contribution in [1.82, 2.24) is 0 Å². The molecule has 2 N–H and O–H groups in total. The third-order valence-corrected chi connectivity index (χ3v) is 8.01. The van der Waals surface area contributed by atoms with Crippen molar-refractivity contribution in [2.45, 2.75) is 107 Å². The predicted octanol–water partition coefficient (Wildman–Crippen LogP) is 0.627. The van der Waals surface area contributed by atoms with Gasteiger partial charge in [0.1, 0.15) is 48.0 Å². The number of rotatable bonds is 13. The number of methoxy groups -OCH3 is 1. The zero-order valence-electron chi connectivity index (χ0n) is 21.2. The highest BCUT2D eigenvalue weighted by molar-refractivity contribution is 7.47. The SMILES string of the molecule is [B]C1CC(OP(=O)(O)OC2OC([B])CC2OP(=O)(O)OC2C(COC(C)C)OC([B])[C@@H]2OC)C(CC)O1. The van der Waals surface area contributed by atoms with Crippen molar-refractivity contribution in [3.8, 4) is 0 Å².